The minimum absolute atomic E-state index is 0.0919. The maximum absolute atomic E-state index is 12.5. The topological polar surface area (TPSA) is 161 Å². The second-order valence-electron chi connectivity index (χ2n) is 10.0. The Bertz CT molecular complexity index is 1270. The van der Waals surface area contributed by atoms with E-state index in [0.29, 0.717) is 25.9 Å². The number of nitrogens with zero attached hydrogens (tertiary/aromatic N) is 4. The highest BCUT2D eigenvalue weighted by molar-refractivity contribution is 6.22. The van der Waals surface area contributed by atoms with Gasteiger partial charge in [-0.1, -0.05) is 51.4 Å². The number of benzene rings is 2. The Balaban J connectivity index is 1.04. The Morgan fingerprint density at radius 2 is 0.775 bits per heavy atom. The molecule has 0 aliphatic carbocycles. The van der Waals surface area contributed by atoms with Gasteiger partial charge in [-0.2, -0.15) is 0 Å². The van der Waals surface area contributed by atoms with Crippen LogP contribution in [0.15, 0.2) is 36.4 Å². The van der Waals surface area contributed by atoms with E-state index < -0.39 is 33.5 Å². The molecule has 0 radical (unpaired) electrons. The molecule has 0 aromatic heterocycles. The summed E-state index contributed by atoms with van der Waals surface area (Å²) in [5.41, 5.74) is 0.193. The molecule has 2 aromatic carbocycles. The molecule has 2 aromatic rings. The molecule has 12 nitrogen and oxygen atoms in total. The highest BCUT2D eigenvalue weighted by atomic mass is 16.6. The van der Waals surface area contributed by atoms with E-state index in [1.165, 1.54) is 34.1 Å². The van der Waals surface area contributed by atoms with Crippen molar-refractivity contribution in [1.29, 1.82) is 0 Å². The van der Waals surface area contributed by atoms with E-state index in [2.05, 4.69) is 0 Å². The van der Waals surface area contributed by atoms with Crippen molar-refractivity contribution < 1.29 is 29.0 Å². The first-order valence-electron chi connectivity index (χ1n) is 13.5. The van der Waals surface area contributed by atoms with Gasteiger partial charge in [-0.3, -0.25) is 49.2 Å². The van der Waals surface area contributed by atoms with Crippen LogP contribution in [-0.2, 0) is 0 Å². The number of nitro groups is 2. The van der Waals surface area contributed by atoms with Gasteiger partial charge >= 0.3 is 0 Å². The number of unbranched alkanes of at least 4 members (excludes halogenated alkanes) is 9. The van der Waals surface area contributed by atoms with Gasteiger partial charge in [0.25, 0.3) is 35.0 Å². The molecule has 0 atom stereocenters. The van der Waals surface area contributed by atoms with Crippen LogP contribution in [0.1, 0.15) is 106 Å². The SMILES string of the molecule is O=C1c2ccc([N+](=O)[O-])cc2C(=O)N1CCCCCCCCCCCCN1C(=O)c2ccc([N+](=O)[O-])cc2C1=O. The van der Waals surface area contributed by atoms with Gasteiger partial charge in [0.05, 0.1) is 32.1 Å². The van der Waals surface area contributed by atoms with Crippen LogP contribution in [0.3, 0.4) is 0 Å². The summed E-state index contributed by atoms with van der Waals surface area (Å²) in [7, 11) is 0. The molecule has 4 amide bonds. The van der Waals surface area contributed by atoms with Crippen LogP contribution >= 0.6 is 0 Å². The number of carbonyl (C=O) groups excluding carboxylic acids is 4. The van der Waals surface area contributed by atoms with Gasteiger partial charge in [0.2, 0.25) is 0 Å². The molecule has 0 spiro atoms. The molecule has 0 N–H and O–H groups in total. The Morgan fingerprint density at radius 1 is 0.475 bits per heavy atom. The molecule has 2 aliphatic rings. The van der Waals surface area contributed by atoms with Crippen LogP contribution in [-0.4, -0.2) is 56.4 Å². The van der Waals surface area contributed by atoms with Crippen LogP contribution in [0, 0.1) is 20.2 Å². The van der Waals surface area contributed by atoms with Crippen LogP contribution in [0.25, 0.3) is 0 Å². The van der Waals surface area contributed by atoms with Gasteiger partial charge in [0.15, 0.2) is 0 Å². The lowest BCUT2D eigenvalue weighted by Gasteiger charge is -2.13. The Hall–Kier alpha value is -4.48. The van der Waals surface area contributed by atoms with Crippen molar-refractivity contribution in [3.8, 4) is 0 Å². The zero-order chi connectivity index (χ0) is 28.8. The normalized spacial score (nSPS) is 14.2. The number of amides is 4. The van der Waals surface area contributed by atoms with Crippen molar-refractivity contribution in [3.05, 3.63) is 78.9 Å². The Kier molecular flexibility index (Phi) is 8.97. The van der Waals surface area contributed by atoms with Gasteiger partial charge < -0.3 is 0 Å². The van der Waals surface area contributed by atoms with E-state index >= 15 is 0 Å². The lowest BCUT2D eigenvalue weighted by atomic mass is 10.1. The molecular weight excluding hydrogens is 520 g/mol. The average molecular weight is 551 g/mol. The lowest BCUT2D eigenvalue weighted by molar-refractivity contribution is -0.385. The van der Waals surface area contributed by atoms with E-state index in [1.54, 1.807) is 0 Å². The molecule has 4 rings (SSSR count). The molecule has 40 heavy (non-hydrogen) atoms. The second-order valence-corrected chi connectivity index (χ2v) is 10.0. The van der Waals surface area contributed by atoms with Crippen molar-refractivity contribution in [3.63, 3.8) is 0 Å². The summed E-state index contributed by atoms with van der Waals surface area (Å²) in [5.74, 6) is -1.75. The Morgan fingerprint density at radius 3 is 1.10 bits per heavy atom. The molecule has 0 bridgehead atoms. The zero-order valence-corrected chi connectivity index (χ0v) is 22.0. The summed E-state index contributed by atoms with van der Waals surface area (Å²) in [5, 5.41) is 21.9. The van der Waals surface area contributed by atoms with Gasteiger partial charge in [0.1, 0.15) is 0 Å². The number of carbonyl (C=O) groups is 4. The van der Waals surface area contributed by atoms with E-state index in [4.69, 9.17) is 0 Å². The van der Waals surface area contributed by atoms with E-state index in [9.17, 15) is 39.4 Å². The third-order valence-electron chi connectivity index (χ3n) is 7.34. The number of nitro benzene ring substituents is 2. The number of rotatable bonds is 15. The first kappa shape index (κ1) is 28.5. The molecular formula is C28H30N4O8. The van der Waals surface area contributed by atoms with Gasteiger partial charge in [-0.15, -0.1) is 0 Å². The predicted octanol–water partition coefficient (Wildman–Crippen LogP) is 5.30. The maximum Gasteiger partial charge on any atom is 0.270 e. The Labute approximate surface area is 230 Å². The fourth-order valence-corrected chi connectivity index (χ4v) is 5.14. The fraction of sp³-hybridized carbons (Fsp3) is 0.429. The van der Waals surface area contributed by atoms with Crippen molar-refractivity contribution in [2.45, 2.75) is 64.2 Å². The third kappa shape index (κ3) is 6.05. The highest BCUT2D eigenvalue weighted by Gasteiger charge is 2.37. The van der Waals surface area contributed by atoms with Crippen LogP contribution in [0.2, 0.25) is 0 Å². The minimum atomic E-state index is -0.586. The molecule has 12 heteroatoms. The maximum atomic E-state index is 12.5. The summed E-state index contributed by atoms with van der Waals surface area (Å²) in [6.45, 7) is 0.592. The molecule has 0 saturated carbocycles. The minimum Gasteiger partial charge on any atom is -0.274 e. The quantitative estimate of drug-likeness (QED) is 0.125. The van der Waals surface area contributed by atoms with Gasteiger partial charge in [0, 0.05) is 37.4 Å². The molecule has 0 saturated heterocycles. The van der Waals surface area contributed by atoms with E-state index in [-0.39, 0.29) is 33.6 Å². The van der Waals surface area contributed by atoms with Crippen molar-refractivity contribution >= 4 is 35.0 Å². The summed E-state index contributed by atoms with van der Waals surface area (Å²) >= 11 is 0. The van der Waals surface area contributed by atoms with Gasteiger partial charge in [-0.25, -0.2) is 0 Å². The third-order valence-corrected chi connectivity index (χ3v) is 7.34. The fourth-order valence-electron chi connectivity index (χ4n) is 5.14. The summed E-state index contributed by atoms with van der Waals surface area (Å²) < 4.78 is 0. The first-order valence-corrected chi connectivity index (χ1v) is 13.5. The number of fused-ring (bicyclic) bond motifs is 2. The van der Waals surface area contributed by atoms with Gasteiger partial charge in [-0.05, 0) is 25.0 Å². The van der Waals surface area contributed by atoms with Crippen molar-refractivity contribution in [2.75, 3.05) is 13.1 Å². The van der Waals surface area contributed by atoms with Crippen LogP contribution in [0.4, 0.5) is 11.4 Å². The summed E-state index contributed by atoms with van der Waals surface area (Å²) in [4.78, 5) is 73.0. The van der Waals surface area contributed by atoms with Crippen LogP contribution in [0.5, 0.6) is 0 Å². The molecule has 2 heterocycles. The second kappa shape index (κ2) is 12.6. The number of hydrogen-bond donors (Lipinski definition) is 0. The number of non-ortho nitro benzene ring substituents is 2. The standard InChI is InChI=1S/C28H30N4O8/c33-25-21-13-11-19(31(37)38)17-23(21)27(35)29(25)15-9-7-5-3-1-2-4-6-8-10-16-30-26(34)22-14-12-20(32(39)40)18-24(22)28(30)36/h11-14,17-18H,1-10,15-16H2. The number of hydrogen-bond acceptors (Lipinski definition) is 8. The molecule has 0 fully saturated rings. The lowest BCUT2D eigenvalue weighted by Crippen LogP contribution is -2.30. The van der Waals surface area contributed by atoms with E-state index in [1.807, 2.05) is 0 Å². The average Bonchev–Trinajstić information content (AvgIpc) is 3.32. The van der Waals surface area contributed by atoms with Crippen molar-refractivity contribution in [2.24, 2.45) is 0 Å². The monoisotopic (exact) mass is 550 g/mol. The molecule has 0 unspecified atom stereocenters. The smallest absolute Gasteiger partial charge is 0.270 e. The molecule has 2 aliphatic heterocycles. The summed E-state index contributed by atoms with van der Waals surface area (Å²) in [6, 6.07) is 7.48. The zero-order valence-electron chi connectivity index (χ0n) is 22.0. The van der Waals surface area contributed by atoms with Crippen molar-refractivity contribution in [1.82, 2.24) is 9.80 Å². The largest absolute Gasteiger partial charge is 0.274 e. The molecule has 210 valence electrons. The summed E-state index contributed by atoms with van der Waals surface area (Å²) in [6.07, 6.45) is 9.26. The first-order chi connectivity index (χ1) is 19.2. The highest BCUT2D eigenvalue weighted by Crippen LogP contribution is 2.28. The number of imide groups is 2. The van der Waals surface area contributed by atoms with Crippen LogP contribution < -0.4 is 0 Å². The predicted molar refractivity (Wildman–Crippen MR) is 143 cm³/mol. The van der Waals surface area contributed by atoms with E-state index in [0.717, 1.165) is 63.5 Å².